The van der Waals surface area contributed by atoms with Gasteiger partial charge >= 0.3 is 0 Å². The molecule has 0 aliphatic heterocycles. The quantitative estimate of drug-likeness (QED) is 0.666. The van der Waals surface area contributed by atoms with E-state index < -0.39 is 0 Å². The fourth-order valence-electron chi connectivity index (χ4n) is 2.03. The second kappa shape index (κ2) is 3.79. The summed E-state index contributed by atoms with van der Waals surface area (Å²) in [5.41, 5.74) is -0.0447. The first-order valence-corrected chi connectivity index (χ1v) is 5.12. The number of hydrogen-bond donors (Lipinski definition) is 0. The maximum atomic E-state index is 11.8. The fourth-order valence-corrected chi connectivity index (χ4v) is 2.03. The van der Waals surface area contributed by atoms with Crippen LogP contribution in [0.1, 0.15) is 33.1 Å². The van der Waals surface area contributed by atoms with Crippen LogP contribution in [0.25, 0.3) is 0 Å². The number of carbonyl (C=O) groups is 1. The Morgan fingerprint density at radius 1 is 1.46 bits per heavy atom. The van der Waals surface area contributed by atoms with Crippen molar-refractivity contribution in [2.75, 3.05) is 20.6 Å². The van der Waals surface area contributed by atoms with E-state index in [2.05, 4.69) is 32.8 Å². The molecule has 0 heterocycles. The van der Waals surface area contributed by atoms with E-state index in [1.54, 1.807) is 0 Å². The van der Waals surface area contributed by atoms with E-state index >= 15 is 0 Å². The third-order valence-electron chi connectivity index (χ3n) is 3.08. The van der Waals surface area contributed by atoms with E-state index in [0.717, 1.165) is 25.8 Å². The number of hydrogen-bond acceptors (Lipinski definition) is 2. The van der Waals surface area contributed by atoms with Crippen LogP contribution in [-0.4, -0.2) is 31.3 Å². The van der Waals surface area contributed by atoms with Gasteiger partial charge in [0.1, 0.15) is 5.78 Å². The highest BCUT2D eigenvalue weighted by atomic mass is 16.1. The molecule has 0 bridgehead atoms. The zero-order valence-electron chi connectivity index (χ0n) is 9.26. The highest BCUT2D eigenvalue weighted by molar-refractivity contribution is 5.88. The highest BCUT2D eigenvalue weighted by Gasteiger charge is 2.39. The molecule has 0 aromatic rings. The van der Waals surface area contributed by atoms with Crippen molar-refractivity contribution >= 4 is 5.78 Å². The molecule has 1 saturated carbocycles. The van der Waals surface area contributed by atoms with E-state index in [4.69, 9.17) is 0 Å². The van der Waals surface area contributed by atoms with Crippen LogP contribution in [0.3, 0.4) is 0 Å². The van der Waals surface area contributed by atoms with Gasteiger partial charge in [0.25, 0.3) is 0 Å². The monoisotopic (exact) mass is 183 g/mol. The molecule has 0 saturated heterocycles. The van der Waals surface area contributed by atoms with Crippen LogP contribution in [0.4, 0.5) is 0 Å². The zero-order chi connectivity index (χ0) is 10.1. The fraction of sp³-hybridized carbons (Fsp3) is 0.909. The second-order valence-corrected chi connectivity index (χ2v) is 5.08. The topological polar surface area (TPSA) is 20.3 Å². The summed E-state index contributed by atoms with van der Waals surface area (Å²) in [5, 5.41) is 0. The van der Waals surface area contributed by atoms with Crippen molar-refractivity contribution in [3.8, 4) is 0 Å². The molecule has 1 fully saturated rings. The lowest BCUT2D eigenvalue weighted by Crippen LogP contribution is -2.24. The van der Waals surface area contributed by atoms with Crippen LogP contribution in [0.15, 0.2) is 0 Å². The smallest absolute Gasteiger partial charge is 0.141 e. The van der Waals surface area contributed by atoms with E-state index in [1.165, 1.54) is 0 Å². The Morgan fingerprint density at radius 3 is 2.46 bits per heavy atom. The van der Waals surface area contributed by atoms with Crippen molar-refractivity contribution in [2.24, 2.45) is 11.3 Å². The molecule has 1 unspecified atom stereocenters. The average Bonchev–Trinajstić information content (AvgIpc) is 2.25. The minimum Gasteiger partial charge on any atom is -0.309 e. The molecule has 0 amide bonds. The van der Waals surface area contributed by atoms with Gasteiger partial charge in [0.05, 0.1) is 0 Å². The van der Waals surface area contributed by atoms with Crippen molar-refractivity contribution in [3.63, 3.8) is 0 Å². The molecule has 1 atom stereocenters. The molecular weight excluding hydrogens is 162 g/mol. The van der Waals surface area contributed by atoms with Gasteiger partial charge in [0.15, 0.2) is 0 Å². The van der Waals surface area contributed by atoms with Crippen LogP contribution in [0.2, 0.25) is 0 Å². The Morgan fingerprint density at radius 2 is 2.08 bits per heavy atom. The van der Waals surface area contributed by atoms with Gasteiger partial charge in [0.2, 0.25) is 0 Å². The Hall–Kier alpha value is -0.370. The van der Waals surface area contributed by atoms with Gasteiger partial charge in [0, 0.05) is 11.3 Å². The largest absolute Gasteiger partial charge is 0.309 e. The van der Waals surface area contributed by atoms with Gasteiger partial charge in [-0.05, 0) is 39.9 Å². The van der Waals surface area contributed by atoms with E-state index in [1.807, 2.05) is 0 Å². The average molecular weight is 183 g/mol. The van der Waals surface area contributed by atoms with Crippen molar-refractivity contribution in [1.82, 2.24) is 4.90 Å². The van der Waals surface area contributed by atoms with Crippen molar-refractivity contribution in [2.45, 2.75) is 33.1 Å². The third kappa shape index (κ3) is 2.53. The van der Waals surface area contributed by atoms with Crippen molar-refractivity contribution < 1.29 is 4.79 Å². The number of rotatable bonds is 3. The predicted octanol–water partition coefficient (Wildman–Crippen LogP) is 1.94. The summed E-state index contributed by atoms with van der Waals surface area (Å²) in [6.07, 6.45) is 3.21. The number of nitrogens with zero attached hydrogens (tertiary/aromatic N) is 1. The first-order chi connectivity index (χ1) is 5.93. The molecule has 2 nitrogen and oxygen atoms in total. The lowest BCUT2D eigenvalue weighted by molar-refractivity contribution is -0.127. The van der Waals surface area contributed by atoms with Gasteiger partial charge < -0.3 is 4.90 Å². The molecule has 0 radical (unpaired) electrons. The third-order valence-corrected chi connectivity index (χ3v) is 3.08. The van der Waals surface area contributed by atoms with Crippen molar-refractivity contribution in [3.05, 3.63) is 0 Å². The Balaban J connectivity index is 2.42. The summed E-state index contributed by atoms with van der Waals surface area (Å²) < 4.78 is 0. The highest BCUT2D eigenvalue weighted by Crippen LogP contribution is 2.38. The maximum absolute atomic E-state index is 11.8. The maximum Gasteiger partial charge on any atom is 0.141 e. The molecule has 0 N–H and O–H groups in total. The first kappa shape index (κ1) is 10.7. The molecular formula is C11H21NO. The van der Waals surface area contributed by atoms with Crippen LogP contribution < -0.4 is 0 Å². The summed E-state index contributed by atoms with van der Waals surface area (Å²) in [7, 11) is 4.12. The van der Waals surface area contributed by atoms with E-state index in [-0.39, 0.29) is 5.41 Å². The Kier molecular flexibility index (Phi) is 3.12. The summed E-state index contributed by atoms with van der Waals surface area (Å²) in [4.78, 5) is 14.0. The Bertz CT molecular complexity index is 196. The lowest BCUT2D eigenvalue weighted by Gasteiger charge is -2.17. The summed E-state index contributed by atoms with van der Waals surface area (Å²) in [5.74, 6) is 0.812. The van der Waals surface area contributed by atoms with E-state index in [0.29, 0.717) is 11.7 Å². The standard InChI is InChI=1S/C11H21NO/c1-11(2)7-5-9(10(11)13)6-8-12(3)4/h9H,5-8H2,1-4H3. The molecule has 1 aliphatic rings. The van der Waals surface area contributed by atoms with E-state index in [9.17, 15) is 4.79 Å². The van der Waals surface area contributed by atoms with Crippen LogP contribution in [0, 0.1) is 11.3 Å². The van der Waals surface area contributed by atoms with Gasteiger partial charge in [-0.25, -0.2) is 0 Å². The first-order valence-electron chi connectivity index (χ1n) is 5.12. The number of ketones is 1. The van der Waals surface area contributed by atoms with Gasteiger partial charge in [-0.3, -0.25) is 4.79 Å². The molecule has 0 aromatic carbocycles. The minimum absolute atomic E-state index is 0.0447. The van der Waals surface area contributed by atoms with Crippen LogP contribution in [0.5, 0.6) is 0 Å². The second-order valence-electron chi connectivity index (χ2n) is 5.08. The molecule has 76 valence electrons. The van der Waals surface area contributed by atoms with Crippen LogP contribution >= 0.6 is 0 Å². The molecule has 0 spiro atoms. The zero-order valence-corrected chi connectivity index (χ0v) is 9.26. The number of Topliss-reactive ketones (excluding diaryl/α,β-unsaturated/α-hetero) is 1. The molecule has 1 rings (SSSR count). The van der Waals surface area contributed by atoms with Crippen molar-refractivity contribution in [1.29, 1.82) is 0 Å². The molecule has 0 aromatic heterocycles. The normalized spacial score (nSPS) is 27.2. The summed E-state index contributed by atoms with van der Waals surface area (Å²) >= 11 is 0. The summed E-state index contributed by atoms with van der Waals surface area (Å²) in [6, 6.07) is 0. The predicted molar refractivity (Wildman–Crippen MR) is 54.7 cm³/mol. The lowest BCUT2D eigenvalue weighted by atomic mass is 9.88. The van der Waals surface area contributed by atoms with Gasteiger partial charge in [-0.15, -0.1) is 0 Å². The number of carbonyl (C=O) groups excluding carboxylic acids is 1. The summed E-state index contributed by atoms with van der Waals surface area (Å²) in [6.45, 7) is 5.18. The van der Waals surface area contributed by atoms with Gasteiger partial charge in [-0.1, -0.05) is 13.8 Å². The Labute approximate surface area is 81.3 Å². The molecule has 2 heteroatoms. The van der Waals surface area contributed by atoms with Gasteiger partial charge in [-0.2, -0.15) is 0 Å². The SMILES string of the molecule is CN(C)CCC1CCC(C)(C)C1=O. The minimum atomic E-state index is -0.0447. The van der Waals surface area contributed by atoms with Crippen LogP contribution in [-0.2, 0) is 4.79 Å². The molecule has 1 aliphatic carbocycles. The molecule has 13 heavy (non-hydrogen) atoms.